The highest BCUT2D eigenvalue weighted by Gasteiger charge is 2.37. The summed E-state index contributed by atoms with van der Waals surface area (Å²) in [6.07, 6.45) is 28.9. The van der Waals surface area contributed by atoms with E-state index >= 15 is 0 Å². The topological polar surface area (TPSA) is 27.7 Å². The van der Waals surface area contributed by atoms with Gasteiger partial charge < -0.3 is 13.3 Å². The Morgan fingerprint density at radius 3 is 1.06 bits per heavy atom. The number of hydrogen-bond donors (Lipinski definition) is 0. The smallest absolute Gasteiger partial charge is 0.371 e. The van der Waals surface area contributed by atoms with Crippen molar-refractivity contribution in [3.63, 3.8) is 0 Å². The summed E-state index contributed by atoms with van der Waals surface area (Å²) in [5.74, 6) is 0. The van der Waals surface area contributed by atoms with Crippen molar-refractivity contribution >= 4 is 8.80 Å². The minimum atomic E-state index is -2.59. The summed E-state index contributed by atoms with van der Waals surface area (Å²) in [5.41, 5.74) is 2.09. The van der Waals surface area contributed by atoms with E-state index in [1.807, 2.05) is 20.8 Å². The van der Waals surface area contributed by atoms with Crippen LogP contribution in [0.4, 0.5) is 0 Å². The summed E-state index contributed by atoms with van der Waals surface area (Å²) in [7, 11) is -2.59. The van der Waals surface area contributed by atoms with Crippen molar-refractivity contribution in [2.75, 3.05) is 19.8 Å². The Balaban J connectivity index is 3.45. The maximum absolute atomic E-state index is 5.86. The van der Waals surface area contributed by atoms with Gasteiger partial charge in [0.25, 0.3) is 0 Å². The Morgan fingerprint density at radius 1 is 0.438 bits per heavy atom. The first-order chi connectivity index (χ1) is 15.7. The second kappa shape index (κ2) is 25.5. The second-order valence-electron chi connectivity index (χ2n) is 9.10. The lowest BCUT2D eigenvalue weighted by Crippen LogP contribution is -2.44. The van der Waals surface area contributed by atoms with E-state index in [1.54, 1.807) is 0 Å². The van der Waals surface area contributed by atoms with E-state index in [1.165, 1.54) is 116 Å². The average molecular weight is 471 g/mol. The third-order valence-corrected chi connectivity index (χ3v) is 8.80. The highest BCUT2D eigenvalue weighted by molar-refractivity contribution is 6.66. The van der Waals surface area contributed by atoms with E-state index in [2.05, 4.69) is 18.7 Å². The van der Waals surface area contributed by atoms with Gasteiger partial charge in [0.1, 0.15) is 0 Å². The standard InChI is InChI=1S/C28H58O3Si/c1-5-9-10-11-12-13-14-15-16-17-18-19-20-21-22-23-24-25-26-27-28-32(29-6-2,30-7-3)31-8-4/h27-28H,5-26H2,1-4H3/b28-27+. The van der Waals surface area contributed by atoms with E-state index in [0.29, 0.717) is 19.8 Å². The summed E-state index contributed by atoms with van der Waals surface area (Å²) in [4.78, 5) is 0. The molecule has 0 bridgehead atoms. The molecule has 0 radical (unpaired) electrons. The first-order valence-corrected chi connectivity index (χ1v) is 16.1. The zero-order valence-electron chi connectivity index (χ0n) is 22.4. The summed E-state index contributed by atoms with van der Waals surface area (Å²) in [6, 6.07) is 0. The highest BCUT2D eigenvalue weighted by Crippen LogP contribution is 2.16. The molecule has 0 aliphatic heterocycles. The largest absolute Gasteiger partial charge is 0.529 e. The fourth-order valence-electron chi connectivity index (χ4n) is 4.26. The summed E-state index contributed by atoms with van der Waals surface area (Å²) < 4.78 is 17.6. The zero-order chi connectivity index (χ0) is 23.6. The van der Waals surface area contributed by atoms with E-state index < -0.39 is 8.80 Å². The highest BCUT2D eigenvalue weighted by atomic mass is 28.4. The van der Waals surface area contributed by atoms with Gasteiger partial charge in [-0.25, -0.2) is 0 Å². The molecule has 0 unspecified atom stereocenters. The van der Waals surface area contributed by atoms with Gasteiger partial charge in [0.2, 0.25) is 0 Å². The number of unbranched alkanes of at least 4 members (excludes halogenated alkanes) is 18. The minimum Gasteiger partial charge on any atom is -0.371 e. The minimum absolute atomic E-state index is 0.635. The molecule has 0 heterocycles. The molecule has 192 valence electrons. The fourth-order valence-corrected chi connectivity index (χ4v) is 6.47. The van der Waals surface area contributed by atoms with E-state index in [0.717, 1.165) is 6.42 Å². The number of rotatable bonds is 26. The van der Waals surface area contributed by atoms with Gasteiger partial charge in [-0.3, -0.25) is 0 Å². The molecule has 0 fully saturated rings. The van der Waals surface area contributed by atoms with E-state index in [-0.39, 0.29) is 0 Å². The monoisotopic (exact) mass is 470 g/mol. The normalized spacial score (nSPS) is 12.2. The van der Waals surface area contributed by atoms with Crippen LogP contribution in [0.15, 0.2) is 11.8 Å². The molecule has 4 heteroatoms. The lowest BCUT2D eigenvalue weighted by molar-refractivity contribution is 0.0842. The summed E-state index contributed by atoms with van der Waals surface area (Å²) in [5, 5.41) is 0. The van der Waals surface area contributed by atoms with Crippen LogP contribution >= 0.6 is 0 Å². The van der Waals surface area contributed by atoms with Crippen LogP contribution in [0.2, 0.25) is 0 Å². The van der Waals surface area contributed by atoms with Crippen molar-refractivity contribution in [1.82, 2.24) is 0 Å². The van der Waals surface area contributed by atoms with Gasteiger partial charge in [-0.1, -0.05) is 122 Å². The van der Waals surface area contributed by atoms with Crippen LogP contribution in [0.3, 0.4) is 0 Å². The molecule has 0 aromatic carbocycles. The number of hydrogen-bond acceptors (Lipinski definition) is 3. The molecule has 0 aliphatic rings. The van der Waals surface area contributed by atoms with Gasteiger partial charge in [-0.2, -0.15) is 0 Å². The van der Waals surface area contributed by atoms with Crippen LogP contribution in [-0.2, 0) is 13.3 Å². The van der Waals surface area contributed by atoms with Crippen LogP contribution in [0.5, 0.6) is 0 Å². The molecule has 0 saturated carbocycles. The van der Waals surface area contributed by atoms with E-state index in [9.17, 15) is 0 Å². The lowest BCUT2D eigenvalue weighted by Gasteiger charge is -2.25. The number of allylic oxidation sites excluding steroid dienone is 1. The quantitative estimate of drug-likeness (QED) is 0.0930. The van der Waals surface area contributed by atoms with E-state index in [4.69, 9.17) is 13.3 Å². The van der Waals surface area contributed by atoms with Crippen LogP contribution in [0.25, 0.3) is 0 Å². The van der Waals surface area contributed by atoms with Crippen LogP contribution < -0.4 is 0 Å². The Kier molecular flexibility index (Phi) is 25.3. The molecule has 0 saturated heterocycles. The van der Waals surface area contributed by atoms with Gasteiger partial charge in [0, 0.05) is 19.8 Å². The SMILES string of the molecule is CCCCCCCCCCCCCCCCCCCC/C=C/[Si](OCC)(OCC)OCC. The fraction of sp³-hybridized carbons (Fsp3) is 0.929. The predicted molar refractivity (Wildman–Crippen MR) is 143 cm³/mol. The summed E-state index contributed by atoms with van der Waals surface area (Å²) in [6.45, 7) is 10.2. The van der Waals surface area contributed by atoms with Crippen molar-refractivity contribution in [3.05, 3.63) is 11.8 Å². The van der Waals surface area contributed by atoms with Crippen molar-refractivity contribution in [2.45, 2.75) is 150 Å². The van der Waals surface area contributed by atoms with Crippen molar-refractivity contribution in [3.8, 4) is 0 Å². The molecule has 32 heavy (non-hydrogen) atoms. The molecular formula is C28H58O3Si. The first-order valence-electron chi connectivity index (χ1n) is 14.3. The Morgan fingerprint density at radius 2 is 0.750 bits per heavy atom. The molecular weight excluding hydrogens is 412 g/mol. The van der Waals surface area contributed by atoms with Crippen LogP contribution in [0.1, 0.15) is 150 Å². The Bertz CT molecular complexity index is 370. The maximum atomic E-state index is 5.86. The first kappa shape index (κ1) is 31.8. The van der Waals surface area contributed by atoms with Crippen LogP contribution in [0, 0.1) is 0 Å². The zero-order valence-corrected chi connectivity index (χ0v) is 23.4. The molecule has 0 rings (SSSR count). The lowest BCUT2D eigenvalue weighted by atomic mass is 10.0. The average Bonchev–Trinajstić information content (AvgIpc) is 2.78. The van der Waals surface area contributed by atoms with Gasteiger partial charge >= 0.3 is 8.80 Å². The second-order valence-corrected chi connectivity index (χ2v) is 11.5. The van der Waals surface area contributed by atoms with Crippen molar-refractivity contribution in [1.29, 1.82) is 0 Å². The molecule has 0 atom stereocenters. The van der Waals surface area contributed by atoms with Gasteiger partial charge in [0.05, 0.1) is 0 Å². The third kappa shape index (κ3) is 20.4. The third-order valence-electron chi connectivity index (χ3n) is 6.08. The predicted octanol–water partition coefficient (Wildman–Crippen LogP) is 9.56. The molecule has 0 amide bonds. The van der Waals surface area contributed by atoms with Gasteiger partial charge in [-0.15, -0.1) is 0 Å². The van der Waals surface area contributed by atoms with Gasteiger partial charge in [-0.05, 0) is 39.3 Å². The van der Waals surface area contributed by atoms with Gasteiger partial charge in [0.15, 0.2) is 0 Å². The molecule has 0 spiro atoms. The molecule has 0 aromatic rings. The molecule has 0 N–H and O–H groups in total. The molecule has 3 nitrogen and oxygen atoms in total. The summed E-state index contributed by atoms with van der Waals surface area (Å²) >= 11 is 0. The Hall–Kier alpha value is -0.163. The maximum Gasteiger partial charge on any atom is 0.529 e. The molecule has 0 aromatic heterocycles. The Labute approximate surface area is 203 Å². The van der Waals surface area contributed by atoms with Crippen LogP contribution in [-0.4, -0.2) is 28.6 Å². The van der Waals surface area contributed by atoms with Crippen molar-refractivity contribution < 1.29 is 13.3 Å². The van der Waals surface area contributed by atoms with Crippen molar-refractivity contribution in [2.24, 2.45) is 0 Å². The molecule has 0 aliphatic carbocycles.